The highest BCUT2D eigenvalue weighted by atomic mass is 79.9. The fraction of sp³-hybridized carbons (Fsp3) is 0.364. The molecule has 1 rings (SSSR count). The molecule has 18 heavy (non-hydrogen) atoms. The predicted octanol–water partition coefficient (Wildman–Crippen LogP) is 2.22. The molecule has 100 valence electrons. The van der Waals surface area contributed by atoms with Crippen LogP contribution in [0.15, 0.2) is 16.6 Å². The maximum absolute atomic E-state index is 13.5. The van der Waals surface area contributed by atoms with E-state index in [1.807, 2.05) is 0 Å². The minimum Gasteiger partial charge on any atom is -0.351 e. The zero-order valence-corrected chi connectivity index (χ0v) is 12.2. The van der Waals surface area contributed by atoms with E-state index in [2.05, 4.69) is 21.2 Å². The van der Waals surface area contributed by atoms with Gasteiger partial charge in [0.2, 0.25) is 0 Å². The van der Waals surface area contributed by atoms with Crippen LogP contribution < -0.4 is 5.32 Å². The summed E-state index contributed by atoms with van der Waals surface area (Å²) in [6.07, 6.45) is 1.50. The molecule has 1 N–H and O–H groups in total. The highest BCUT2D eigenvalue weighted by molar-refractivity contribution is 9.10. The lowest BCUT2D eigenvalue weighted by Gasteiger charge is -2.11. The standard InChI is InChI=1S/C11H12BrF2NO2S/c1-6(18(2)17)5-15-11(16)10-8(13)3-7(12)4-9(10)14/h3-4,6H,5H2,1-2H3,(H,15,16). The van der Waals surface area contributed by atoms with Gasteiger partial charge >= 0.3 is 0 Å². The minimum atomic E-state index is -1.11. The van der Waals surface area contributed by atoms with Crippen molar-refractivity contribution in [3.05, 3.63) is 33.8 Å². The van der Waals surface area contributed by atoms with Crippen LogP contribution in [0, 0.1) is 11.6 Å². The monoisotopic (exact) mass is 339 g/mol. The number of nitrogens with one attached hydrogen (secondary N) is 1. The smallest absolute Gasteiger partial charge is 0.257 e. The topological polar surface area (TPSA) is 46.2 Å². The summed E-state index contributed by atoms with van der Waals surface area (Å²) in [5.74, 6) is -2.73. The quantitative estimate of drug-likeness (QED) is 0.914. The fourth-order valence-corrected chi connectivity index (χ4v) is 1.92. The second kappa shape index (κ2) is 6.38. The first-order valence-electron chi connectivity index (χ1n) is 5.08. The average Bonchev–Trinajstić information content (AvgIpc) is 2.24. The van der Waals surface area contributed by atoms with Crippen LogP contribution in [0.1, 0.15) is 17.3 Å². The first kappa shape index (κ1) is 15.2. The minimum absolute atomic E-state index is 0.0941. The van der Waals surface area contributed by atoms with E-state index in [-0.39, 0.29) is 16.3 Å². The van der Waals surface area contributed by atoms with Gasteiger partial charge in [0.1, 0.15) is 17.2 Å². The first-order valence-corrected chi connectivity index (χ1v) is 7.49. The number of hydrogen-bond donors (Lipinski definition) is 1. The molecular weight excluding hydrogens is 328 g/mol. The van der Waals surface area contributed by atoms with Gasteiger partial charge < -0.3 is 5.32 Å². The van der Waals surface area contributed by atoms with Crippen molar-refractivity contribution in [1.82, 2.24) is 5.32 Å². The van der Waals surface area contributed by atoms with Crippen molar-refractivity contribution in [3.8, 4) is 0 Å². The molecular formula is C11H12BrF2NO2S. The van der Waals surface area contributed by atoms with Gasteiger partial charge in [0.05, 0.1) is 0 Å². The van der Waals surface area contributed by atoms with Gasteiger partial charge in [-0.1, -0.05) is 15.9 Å². The van der Waals surface area contributed by atoms with Crippen molar-refractivity contribution in [2.24, 2.45) is 0 Å². The summed E-state index contributed by atoms with van der Waals surface area (Å²) in [6.45, 7) is 1.77. The third kappa shape index (κ3) is 3.84. The maximum Gasteiger partial charge on any atom is 0.257 e. The molecule has 0 aromatic heterocycles. The second-order valence-corrected chi connectivity index (χ2v) is 6.48. The summed E-state index contributed by atoms with van der Waals surface area (Å²) in [6, 6.07) is 2.03. The molecule has 0 saturated carbocycles. The molecule has 2 atom stereocenters. The molecule has 1 amide bonds. The van der Waals surface area contributed by atoms with Gasteiger partial charge in [-0.15, -0.1) is 0 Å². The SMILES string of the molecule is CC(CNC(=O)c1c(F)cc(Br)cc1F)S(C)=O. The Kier molecular flexibility index (Phi) is 5.40. The Morgan fingerprint density at radius 3 is 2.39 bits per heavy atom. The molecule has 0 fully saturated rings. The van der Waals surface area contributed by atoms with Gasteiger partial charge in [-0.3, -0.25) is 9.00 Å². The zero-order valence-electron chi connectivity index (χ0n) is 9.80. The zero-order chi connectivity index (χ0) is 13.9. The van der Waals surface area contributed by atoms with Gasteiger partial charge in [-0.05, 0) is 19.1 Å². The van der Waals surface area contributed by atoms with Crippen LogP contribution in [-0.4, -0.2) is 28.2 Å². The molecule has 2 unspecified atom stereocenters. The van der Waals surface area contributed by atoms with Gasteiger partial charge in [-0.25, -0.2) is 8.78 Å². The number of carbonyl (C=O) groups excluding carboxylic acids is 1. The third-order valence-electron chi connectivity index (χ3n) is 2.35. The summed E-state index contributed by atoms with van der Waals surface area (Å²) < 4.78 is 38.2. The van der Waals surface area contributed by atoms with Crippen LogP contribution in [0.2, 0.25) is 0 Å². The van der Waals surface area contributed by atoms with Gasteiger partial charge in [0, 0.05) is 33.3 Å². The Balaban J connectivity index is 2.82. The van der Waals surface area contributed by atoms with Gasteiger partial charge in [0.25, 0.3) is 5.91 Å². The summed E-state index contributed by atoms with van der Waals surface area (Å²) >= 11 is 2.93. The van der Waals surface area contributed by atoms with Crippen LogP contribution >= 0.6 is 15.9 Å². The van der Waals surface area contributed by atoms with Crippen molar-refractivity contribution >= 4 is 32.6 Å². The lowest BCUT2D eigenvalue weighted by molar-refractivity contribution is 0.0945. The number of benzene rings is 1. The van der Waals surface area contributed by atoms with E-state index in [1.54, 1.807) is 6.92 Å². The molecule has 3 nitrogen and oxygen atoms in total. The van der Waals surface area contributed by atoms with Crippen molar-refractivity contribution in [3.63, 3.8) is 0 Å². The predicted molar refractivity (Wildman–Crippen MR) is 69.9 cm³/mol. The summed E-state index contributed by atoms with van der Waals surface area (Å²) in [4.78, 5) is 11.6. The molecule has 0 bridgehead atoms. The van der Waals surface area contributed by atoms with Crippen molar-refractivity contribution in [1.29, 1.82) is 0 Å². The van der Waals surface area contributed by atoms with Crippen LogP contribution in [0.3, 0.4) is 0 Å². The molecule has 1 aromatic carbocycles. The van der Waals surface area contributed by atoms with Crippen LogP contribution in [0.5, 0.6) is 0 Å². The summed E-state index contributed by atoms with van der Waals surface area (Å²) in [7, 11) is -1.11. The first-order chi connectivity index (χ1) is 8.32. The average molecular weight is 340 g/mol. The lowest BCUT2D eigenvalue weighted by Crippen LogP contribution is -2.33. The van der Waals surface area contributed by atoms with Crippen molar-refractivity contribution < 1.29 is 17.8 Å². The van der Waals surface area contributed by atoms with Crippen LogP contribution in [0.4, 0.5) is 8.78 Å². The van der Waals surface area contributed by atoms with E-state index in [0.29, 0.717) is 0 Å². The molecule has 0 radical (unpaired) electrons. The fourth-order valence-electron chi connectivity index (χ4n) is 1.20. The Morgan fingerprint density at radius 2 is 1.94 bits per heavy atom. The van der Waals surface area contributed by atoms with Crippen LogP contribution in [-0.2, 0) is 10.8 Å². The van der Waals surface area contributed by atoms with E-state index in [1.165, 1.54) is 6.26 Å². The largest absolute Gasteiger partial charge is 0.351 e. The summed E-state index contributed by atoms with van der Waals surface area (Å²) in [5, 5.41) is 2.07. The molecule has 0 heterocycles. The Bertz CT molecular complexity index is 473. The summed E-state index contributed by atoms with van der Waals surface area (Å²) in [5.41, 5.74) is -0.632. The lowest BCUT2D eigenvalue weighted by atomic mass is 10.2. The molecule has 0 aliphatic carbocycles. The number of carbonyl (C=O) groups is 1. The highest BCUT2D eigenvalue weighted by Crippen LogP contribution is 2.19. The van der Waals surface area contributed by atoms with E-state index in [9.17, 15) is 17.8 Å². The molecule has 1 aromatic rings. The van der Waals surface area contributed by atoms with Crippen molar-refractivity contribution in [2.75, 3.05) is 12.8 Å². The molecule has 0 aliphatic rings. The second-order valence-electron chi connectivity index (χ2n) is 3.76. The molecule has 7 heteroatoms. The van der Waals surface area contributed by atoms with E-state index in [4.69, 9.17) is 0 Å². The molecule has 0 spiro atoms. The van der Waals surface area contributed by atoms with Crippen LogP contribution in [0.25, 0.3) is 0 Å². The third-order valence-corrected chi connectivity index (χ3v) is 4.11. The number of rotatable bonds is 4. The van der Waals surface area contributed by atoms with Gasteiger partial charge in [0.15, 0.2) is 0 Å². The highest BCUT2D eigenvalue weighted by Gasteiger charge is 2.19. The number of halogens is 3. The number of amides is 1. The molecule has 0 saturated heterocycles. The van der Waals surface area contributed by atoms with E-state index >= 15 is 0 Å². The Labute approximate surface area is 115 Å². The molecule has 0 aliphatic heterocycles. The maximum atomic E-state index is 13.5. The van der Waals surface area contributed by atoms with Crippen molar-refractivity contribution in [2.45, 2.75) is 12.2 Å². The Morgan fingerprint density at radius 1 is 1.44 bits per heavy atom. The Hall–Kier alpha value is -0.820. The van der Waals surface area contributed by atoms with E-state index < -0.39 is 33.9 Å². The van der Waals surface area contributed by atoms with Gasteiger partial charge in [-0.2, -0.15) is 0 Å². The number of hydrogen-bond acceptors (Lipinski definition) is 2. The normalized spacial score (nSPS) is 14.1. The van der Waals surface area contributed by atoms with E-state index in [0.717, 1.165) is 12.1 Å².